The van der Waals surface area contributed by atoms with Gasteiger partial charge in [-0.25, -0.2) is 4.98 Å². The summed E-state index contributed by atoms with van der Waals surface area (Å²) in [6.07, 6.45) is 0. The topological polar surface area (TPSA) is 60.7 Å². The lowest BCUT2D eigenvalue weighted by Crippen LogP contribution is -2.02. The van der Waals surface area contributed by atoms with E-state index in [1.54, 1.807) is 12.1 Å². The minimum absolute atomic E-state index is 0.623. The van der Waals surface area contributed by atoms with Crippen LogP contribution in [0, 0.1) is 21.9 Å². The Morgan fingerprint density at radius 1 is 1.29 bits per heavy atom. The maximum atomic E-state index is 8.79. The van der Waals surface area contributed by atoms with Crippen LogP contribution in [0.1, 0.15) is 5.56 Å². The second kappa shape index (κ2) is 2.36. The van der Waals surface area contributed by atoms with Gasteiger partial charge < -0.3 is 0 Å². The number of rotatable bonds is 0. The third-order valence-corrected chi connectivity index (χ3v) is 2.27. The molecular weight excluding hydrogens is 176 g/mol. The Balaban J connectivity index is 2.47. The van der Waals surface area contributed by atoms with Gasteiger partial charge in [0.2, 0.25) is 0 Å². The molecular formula is C10H6N4. The van der Waals surface area contributed by atoms with E-state index in [1.807, 2.05) is 12.1 Å². The maximum Gasteiger partial charge on any atom is 0.156 e. The molecule has 4 heteroatoms. The van der Waals surface area contributed by atoms with Gasteiger partial charge in [0.15, 0.2) is 5.82 Å². The molecule has 1 aliphatic carbocycles. The molecule has 2 heterocycles. The Morgan fingerprint density at radius 2 is 2.21 bits per heavy atom. The lowest BCUT2D eigenvalue weighted by molar-refractivity contribution is 1.18. The van der Waals surface area contributed by atoms with Gasteiger partial charge >= 0.3 is 0 Å². The van der Waals surface area contributed by atoms with E-state index >= 15 is 0 Å². The van der Waals surface area contributed by atoms with Gasteiger partial charge in [-0.15, -0.1) is 0 Å². The van der Waals surface area contributed by atoms with Gasteiger partial charge in [-0.3, -0.25) is 10.9 Å². The Bertz CT molecular complexity index is 611. The minimum Gasteiger partial charge on any atom is -0.299 e. The van der Waals surface area contributed by atoms with E-state index in [9.17, 15) is 0 Å². The van der Waals surface area contributed by atoms with Crippen molar-refractivity contribution in [1.82, 2.24) is 4.98 Å². The number of hydrazine groups is 1. The second-order valence-electron chi connectivity index (χ2n) is 3.12. The zero-order valence-corrected chi connectivity index (χ0v) is 7.20. The summed E-state index contributed by atoms with van der Waals surface area (Å²) in [5, 5.41) is 10.7. The molecule has 2 aliphatic heterocycles. The number of nitrogens with zero attached hydrogens (tertiary/aromatic N) is 2. The summed E-state index contributed by atoms with van der Waals surface area (Å²) in [6.45, 7) is 0. The van der Waals surface area contributed by atoms with Crippen LogP contribution in [0.3, 0.4) is 0 Å². The standard InChI is InChI=1S/C10H6N4/c11-5-6-2-1-3-7-9-8(4-6)12-10(9)14-13-7/h1-4H,(H2,12,13,14). The van der Waals surface area contributed by atoms with E-state index in [0.717, 1.165) is 22.1 Å². The smallest absolute Gasteiger partial charge is 0.156 e. The first-order chi connectivity index (χ1) is 6.88. The molecule has 4 nitrogen and oxygen atoms in total. The van der Waals surface area contributed by atoms with Gasteiger partial charge in [-0.05, 0) is 18.2 Å². The van der Waals surface area contributed by atoms with Gasteiger partial charge in [-0.2, -0.15) is 5.26 Å². The van der Waals surface area contributed by atoms with Gasteiger partial charge in [0.25, 0.3) is 0 Å². The number of nitriles is 1. The molecule has 0 fully saturated rings. The fraction of sp³-hybridized carbons (Fsp3) is 0. The van der Waals surface area contributed by atoms with Crippen molar-refractivity contribution in [2.24, 2.45) is 0 Å². The molecule has 3 rings (SSSR count). The molecule has 0 aromatic rings. The van der Waals surface area contributed by atoms with Crippen molar-refractivity contribution >= 4 is 11.5 Å². The molecule has 0 spiro atoms. The molecule has 14 heavy (non-hydrogen) atoms. The highest BCUT2D eigenvalue weighted by atomic mass is 15.4. The highest BCUT2D eigenvalue weighted by Crippen LogP contribution is 2.25. The zero-order chi connectivity index (χ0) is 9.54. The fourth-order valence-electron chi connectivity index (χ4n) is 1.59. The summed E-state index contributed by atoms with van der Waals surface area (Å²) in [5.41, 5.74) is 7.58. The average molecular weight is 182 g/mol. The number of aromatic nitrogens is 1. The fourth-order valence-corrected chi connectivity index (χ4v) is 1.59. The molecule has 0 aromatic heterocycles. The van der Waals surface area contributed by atoms with Crippen LogP contribution < -0.4 is 10.9 Å². The molecule has 0 radical (unpaired) electrons. The Morgan fingerprint density at radius 3 is 3.07 bits per heavy atom. The zero-order valence-electron chi connectivity index (χ0n) is 7.20. The molecule has 0 atom stereocenters. The van der Waals surface area contributed by atoms with Crippen LogP contribution >= 0.6 is 0 Å². The lowest BCUT2D eigenvalue weighted by atomic mass is 10.2. The van der Waals surface area contributed by atoms with Gasteiger partial charge in [0.05, 0.1) is 27.9 Å². The van der Waals surface area contributed by atoms with Gasteiger partial charge in [0, 0.05) is 0 Å². The summed E-state index contributed by atoms with van der Waals surface area (Å²) in [7, 11) is 0. The summed E-state index contributed by atoms with van der Waals surface area (Å²) >= 11 is 0. The first-order valence-electron chi connectivity index (χ1n) is 4.24. The van der Waals surface area contributed by atoms with Crippen LogP contribution in [0.15, 0.2) is 24.3 Å². The lowest BCUT2D eigenvalue weighted by Gasteiger charge is -1.97. The molecule has 66 valence electrons. The van der Waals surface area contributed by atoms with Crippen molar-refractivity contribution in [3.63, 3.8) is 0 Å². The van der Waals surface area contributed by atoms with Crippen molar-refractivity contribution in [2.75, 3.05) is 10.9 Å². The van der Waals surface area contributed by atoms with Crippen LogP contribution in [-0.4, -0.2) is 4.98 Å². The van der Waals surface area contributed by atoms with E-state index in [1.165, 1.54) is 0 Å². The van der Waals surface area contributed by atoms with Crippen LogP contribution in [0.2, 0.25) is 0 Å². The van der Waals surface area contributed by atoms with E-state index < -0.39 is 0 Å². The first kappa shape index (κ1) is 7.15. The van der Waals surface area contributed by atoms with Crippen molar-refractivity contribution in [2.45, 2.75) is 0 Å². The van der Waals surface area contributed by atoms with E-state index in [-0.39, 0.29) is 0 Å². The third-order valence-electron chi connectivity index (χ3n) is 2.27. The molecule has 0 saturated heterocycles. The molecule has 0 unspecified atom stereocenters. The van der Waals surface area contributed by atoms with Crippen LogP contribution in [-0.2, 0) is 0 Å². The highest BCUT2D eigenvalue weighted by molar-refractivity contribution is 5.65. The largest absolute Gasteiger partial charge is 0.299 e. The molecule has 3 aliphatic rings. The summed E-state index contributed by atoms with van der Waals surface area (Å²) in [5.74, 6) is 0.857. The predicted octanol–water partition coefficient (Wildman–Crippen LogP) is 1.43. The molecule has 0 bridgehead atoms. The monoisotopic (exact) mass is 182 g/mol. The van der Waals surface area contributed by atoms with Crippen molar-refractivity contribution in [3.05, 3.63) is 40.4 Å². The second-order valence-corrected chi connectivity index (χ2v) is 3.12. The summed E-state index contributed by atoms with van der Waals surface area (Å²) < 4.78 is 0. The average Bonchev–Trinajstić information content (AvgIpc) is 2.45. The van der Waals surface area contributed by atoms with Crippen molar-refractivity contribution in [3.8, 4) is 6.07 Å². The SMILES string of the molecule is N#Cc1cccc2c3c(nc=3c1)NN2. The maximum absolute atomic E-state index is 8.79. The van der Waals surface area contributed by atoms with Crippen LogP contribution in [0.25, 0.3) is 0 Å². The number of nitrogens with one attached hydrogen (secondary N) is 2. The summed E-state index contributed by atoms with van der Waals surface area (Å²) in [6, 6.07) is 9.44. The Hall–Kier alpha value is -2.28. The quantitative estimate of drug-likeness (QED) is 0.647. The number of hydrogen-bond donors (Lipinski definition) is 2. The van der Waals surface area contributed by atoms with Gasteiger partial charge in [-0.1, -0.05) is 6.07 Å². The van der Waals surface area contributed by atoms with Crippen molar-refractivity contribution < 1.29 is 0 Å². The van der Waals surface area contributed by atoms with E-state index in [0.29, 0.717) is 5.56 Å². The van der Waals surface area contributed by atoms with E-state index in [4.69, 9.17) is 5.26 Å². The minimum atomic E-state index is 0.623. The Kier molecular flexibility index (Phi) is 1.21. The summed E-state index contributed by atoms with van der Waals surface area (Å²) in [4.78, 5) is 4.22. The highest BCUT2D eigenvalue weighted by Gasteiger charge is 2.14. The van der Waals surface area contributed by atoms with E-state index in [2.05, 4.69) is 21.9 Å². The Labute approximate surface area is 79.8 Å². The van der Waals surface area contributed by atoms with Crippen molar-refractivity contribution in [1.29, 1.82) is 5.26 Å². The normalized spacial score (nSPS) is 11.9. The first-order valence-corrected chi connectivity index (χ1v) is 4.24. The molecule has 0 aromatic carbocycles. The number of hydrogen-bond acceptors (Lipinski definition) is 4. The van der Waals surface area contributed by atoms with Crippen LogP contribution in [0.5, 0.6) is 0 Å². The molecule has 0 saturated carbocycles. The molecule has 2 N–H and O–H groups in total. The number of anilines is 2. The predicted molar refractivity (Wildman–Crippen MR) is 51.5 cm³/mol. The molecule has 0 amide bonds. The van der Waals surface area contributed by atoms with Gasteiger partial charge in [0.1, 0.15) is 0 Å². The van der Waals surface area contributed by atoms with Crippen LogP contribution in [0.4, 0.5) is 11.5 Å². The third kappa shape index (κ3) is 0.783.